The van der Waals surface area contributed by atoms with Gasteiger partial charge >= 0.3 is 5.97 Å². The van der Waals surface area contributed by atoms with Crippen molar-refractivity contribution < 1.29 is 22.9 Å². The summed E-state index contributed by atoms with van der Waals surface area (Å²) in [5.41, 5.74) is 0.290. The number of carboxylic acid groups (broad SMARTS) is 1. The number of aliphatic imine (C=N–C) groups is 2. The van der Waals surface area contributed by atoms with Crippen molar-refractivity contribution in [1.29, 1.82) is 4.29 Å². The van der Waals surface area contributed by atoms with Crippen LogP contribution < -0.4 is 5.72 Å². The summed E-state index contributed by atoms with van der Waals surface area (Å²) in [5, 5.41) is 12.2. The first-order chi connectivity index (χ1) is 9.78. The molecule has 7 nitrogen and oxygen atoms in total. The van der Waals surface area contributed by atoms with Gasteiger partial charge < -0.3 is 21.0 Å². The molecule has 0 spiro atoms. The highest BCUT2D eigenvalue weighted by Gasteiger charge is 2.15. The molecular weight excluding hydrogens is 214 g/mol. The van der Waals surface area contributed by atoms with Gasteiger partial charge in [0.2, 0.25) is 5.90 Å². The van der Waals surface area contributed by atoms with Crippen LogP contribution in [0.4, 0.5) is 0 Å². The Morgan fingerprint density at radius 3 is 2.31 bits per heavy atom. The predicted octanol–water partition coefficient (Wildman–Crippen LogP) is 0.108. The maximum absolute atomic E-state index is 11.1. The third kappa shape index (κ3) is 4.74. The van der Waals surface area contributed by atoms with E-state index in [9.17, 15) is 4.79 Å². The van der Waals surface area contributed by atoms with Crippen LogP contribution in [0.25, 0.3) is 4.29 Å². The van der Waals surface area contributed by atoms with Crippen molar-refractivity contribution in [2.45, 2.75) is 38.9 Å². The highest BCUT2D eigenvalue weighted by atomic mass is 16.4. The Morgan fingerprint density at radius 1 is 1.19 bits per heavy atom. The summed E-state index contributed by atoms with van der Waals surface area (Å²) < 4.78 is 34.4. The number of aliphatic carboxylic acids is 1. The van der Waals surface area contributed by atoms with Gasteiger partial charge in [0, 0.05) is 0 Å². The van der Waals surface area contributed by atoms with Gasteiger partial charge in [-0.05, 0) is 20.8 Å². The zero-order valence-corrected chi connectivity index (χ0v) is 9.21. The highest BCUT2D eigenvalue weighted by Crippen LogP contribution is 1.98. The average molecular weight is 236 g/mol. The van der Waals surface area contributed by atoms with Crippen LogP contribution in [-0.2, 0) is 4.79 Å². The lowest BCUT2D eigenvalue weighted by atomic mass is 10.3. The summed E-state index contributed by atoms with van der Waals surface area (Å²) in [6.07, 6.45) is 0. The number of carboxylic acids is 1. The minimum Gasteiger partial charge on any atom is -0.495 e. The fourth-order valence-electron chi connectivity index (χ4n) is 0.705. The molecule has 0 heterocycles. The van der Waals surface area contributed by atoms with Gasteiger partial charge in [0.15, 0.2) is 5.90 Å². The Labute approximate surface area is 101 Å². The minimum atomic E-state index is -1.07. The van der Waals surface area contributed by atoms with Gasteiger partial charge in [-0.15, -0.1) is 0 Å². The zero-order valence-electron chi connectivity index (χ0n) is 14.2. The van der Waals surface area contributed by atoms with Crippen molar-refractivity contribution in [2.24, 2.45) is 15.7 Å². The van der Waals surface area contributed by atoms with Gasteiger partial charge in [-0.1, -0.05) is 0 Å². The molecule has 0 radical (unpaired) electrons. The van der Waals surface area contributed by atoms with Crippen molar-refractivity contribution in [3.05, 3.63) is 0 Å². The monoisotopic (exact) mass is 236 g/mol. The average Bonchev–Trinajstić information content (AvgIpc) is 2.47. The standard InChI is InChI=1S/C9H17N3O4/c1-4(10)7(13)11-5(2)8(14)12-6(3)9(15)16/h4-6H,10H2,1-3H3,(H,11,13)(H,12,14)(H,15,16)/t4-,5-,6+/m0/s1/i/hD5. The Morgan fingerprint density at radius 2 is 1.81 bits per heavy atom. The van der Waals surface area contributed by atoms with Crippen molar-refractivity contribution in [3.8, 4) is 0 Å². The highest BCUT2D eigenvalue weighted by molar-refractivity contribution is 5.87. The summed E-state index contributed by atoms with van der Waals surface area (Å²) in [7, 11) is 0. The molecule has 92 valence electrons. The molecule has 16 heavy (non-hydrogen) atoms. The Bertz CT molecular complexity index is 407. The smallest absolute Gasteiger partial charge is 0.328 e. The molecule has 7 heteroatoms. The van der Waals surface area contributed by atoms with E-state index in [1.165, 1.54) is 20.8 Å². The zero-order chi connectivity index (χ0) is 16.6. The van der Waals surface area contributed by atoms with E-state index < -0.39 is 24.1 Å². The maximum atomic E-state index is 11.1. The summed E-state index contributed by atoms with van der Waals surface area (Å²) in [6, 6.07) is -2.89. The molecule has 0 bridgehead atoms. The molecule has 0 fully saturated rings. The molecule has 3 atom stereocenters. The van der Waals surface area contributed by atoms with Crippen LogP contribution >= 0.6 is 0 Å². The molecule has 0 rings (SSSR count). The topological polar surface area (TPSA) is 128 Å². The first kappa shape index (κ1) is 7.61. The molecule has 0 aliphatic heterocycles. The van der Waals surface area contributed by atoms with Gasteiger partial charge in [0.05, 0.1) is 6.04 Å². The van der Waals surface area contributed by atoms with E-state index in [0.717, 1.165) is 0 Å². The lowest BCUT2D eigenvalue weighted by molar-refractivity contribution is -0.138. The van der Waals surface area contributed by atoms with Gasteiger partial charge in [0.25, 0.3) is 4.29 Å². The molecule has 5 N–H and O–H groups in total. The van der Waals surface area contributed by atoms with E-state index in [1.54, 1.807) is 0 Å². The number of nitrogens with two attached hydrogens (primary N) is 1. The van der Waals surface area contributed by atoms with Crippen LogP contribution in [0.3, 0.4) is 0 Å². The molecule has 0 aromatic heterocycles. The van der Waals surface area contributed by atoms with Gasteiger partial charge in [0.1, 0.15) is 14.9 Å². The molecule has 0 aromatic rings. The minimum absolute atomic E-state index is 0.257. The predicted molar refractivity (Wildman–Crippen MR) is 60.3 cm³/mol. The second-order valence-corrected chi connectivity index (χ2v) is 3.28. The SMILES string of the molecule is [2H]OC(=O)[C@@H](C)N=C(O[2H])[C@H](C)N=C(O[2H])[C@H](C)N([2H])[2H]. The fraction of sp³-hybridized carbons (Fsp3) is 0.667. The lowest BCUT2D eigenvalue weighted by Gasteiger charge is -2.09. The third-order valence-electron chi connectivity index (χ3n) is 1.70. The number of aliphatic hydroxyl groups excluding tert-OH is 2. The van der Waals surface area contributed by atoms with E-state index in [2.05, 4.69) is 25.3 Å². The summed E-state index contributed by atoms with van der Waals surface area (Å²) in [5.74, 6) is -1.46. The second-order valence-electron chi connectivity index (χ2n) is 3.28. The molecule has 0 saturated carbocycles. The summed E-state index contributed by atoms with van der Waals surface area (Å²) in [4.78, 5) is 18.7. The summed E-state index contributed by atoms with van der Waals surface area (Å²) in [6.45, 7) is 4.21. The number of aliphatic hydroxyl groups is 2. The molecule has 0 aliphatic carbocycles. The first-order valence-electron chi connectivity index (χ1n) is 6.76. The van der Waals surface area contributed by atoms with E-state index in [0.29, 0.717) is 5.72 Å². The van der Waals surface area contributed by atoms with Crippen LogP contribution in [-0.4, -0.2) is 51.2 Å². The molecule has 0 amide bonds. The molecular formula is C9H17N3O4. The van der Waals surface area contributed by atoms with Gasteiger partial charge in [-0.25, -0.2) is 14.8 Å². The van der Waals surface area contributed by atoms with Crippen molar-refractivity contribution in [2.75, 3.05) is 0 Å². The van der Waals surface area contributed by atoms with Crippen LogP contribution in [0.5, 0.6) is 0 Å². The van der Waals surface area contributed by atoms with E-state index >= 15 is 0 Å². The van der Waals surface area contributed by atoms with Crippen molar-refractivity contribution in [1.82, 2.24) is 0 Å². The fourth-order valence-corrected chi connectivity index (χ4v) is 0.705. The van der Waals surface area contributed by atoms with E-state index in [4.69, 9.17) is 7.12 Å². The largest absolute Gasteiger partial charge is 0.495 e. The molecule has 0 aromatic carbocycles. The number of hydrogen-bond donors (Lipinski definition) is 4. The number of rotatable bonds is 6. The van der Waals surface area contributed by atoms with Crippen LogP contribution in [0.1, 0.15) is 20.8 Å². The van der Waals surface area contributed by atoms with E-state index in [1.807, 2.05) is 0 Å². The van der Waals surface area contributed by atoms with E-state index in [-0.39, 0.29) is 11.8 Å². The first-order valence-corrected chi connectivity index (χ1v) is 4.64. The van der Waals surface area contributed by atoms with Gasteiger partial charge in [-0.3, -0.25) is 0 Å². The quantitative estimate of drug-likeness (QED) is 0.384. The lowest BCUT2D eigenvalue weighted by Crippen LogP contribution is -2.29. The molecule has 0 aliphatic rings. The van der Waals surface area contributed by atoms with Crippen LogP contribution in [0.2, 0.25) is 2.82 Å². The second kappa shape index (κ2) is 6.06. The summed E-state index contributed by atoms with van der Waals surface area (Å²) >= 11 is 0. The number of nitrogens with zero attached hydrogens (tertiary/aromatic N) is 2. The normalized spacial score (nSPS) is 22.9. The third-order valence-corrected chi connectivity index (χ3v) is 1.70. The maximum Gasteiger partial charge on any atom is 0.328 e. The number of hydrogen-bond acceptors (Lipinski definition) is 7. The van der Waals surface area contributed by atoms with Gasteiger partial charge in [-0.2, -0.15) is 0 Å². The molecule has 0 saturated heterocycles. The Kier molecular flexibility index (Phi) is 2.88. The van der Waals surface area contributed by atoms with Crippen molar-refractivity contribution in [3.63, 3.8) is 0 Å². The molecule has 0 unspecified atom stereocenters. The van der Waals surface area contributed by atoms with Crippen LogP contribution in [0.15, 0.2) is 9.98 Å². The Hall–Kier alpha value is -1.63. The number of carbonyl (C=O) groups is 1. The van der Waals surface area contributed by atoms with Crippen LogP contribution in [0, 0.1) is 0 Å². The Balaban J connectivity index is 5.20. The van der Waals surface area contributed by atoms with Crippen molar-refractivity contribution >= 4 is 17.8 Å².